The number of nitrogens with two attached hydrogens (primary N) is 1. The van der Waals surface area contributed by atoms with E-state index in [1.54, 1.807) is 19.1 Å². The molecular formula is C8H18N2O3. The lowest BCUT2D eigenvalue weighted by Crippen LogP contribution is -2.40. The van der Waals surface area contributed by atoms with Gasteiger partial charge >= 0.3 is 0 Å². The first kappa shape index (κ1) is 12.3. The average molecular weight is 190 g/mol. The van der Waals surface area contributed by atoms with Gasteiger partial charge in [-0.15, -0.1) is 0 Å². The Hall–Kier alpha value is -0.650. The van der Waals surface area contributed by atoms with Crippen LogP contribution in [-0.2, 0) is 14.3 Å². The second-order valence-corrected chi connectivity index (χ2v) is 2.57. The summed E-state index contributed by atoms with van der Waals surface area (Å²) in [6.07, 6.45) is 0. The van der Waals surface area contributed by atoms with Crippen LogP contribution in [0.1, 0.15) is 0 Å². The summed E-state index contributed by atoms with van der Waals surface area (Å²) in [6.45, 7) is 2.21. The van der Waals surface area contributed by atoms with Crippen LogP contribution in [0.4, 0.5) is 0 Å². The molecular weight excluding hydrogens is 172 g/mol. The van der Waals surface area contributed by atoms with Crippen LogP contribution in [0, 0.1) is 0 Å². The average Bonchev–Trinajstić information content (AvgIpc) is 2.17. The molecule has 0 aliphatic heterocycles. The molecule has 0 spiro atoms. The van der Waals surface area contributed by atoms with E-state index in [-0.39, 0.29) is 12.5 Å². The van der Waals surface area contributed by atoms with E-state index < -0.39 is 0 Å². The van der Waals surface area contributed by atoms with Crippen LogP contribution in [0.5, 0.6) is 0 Å². The maximum atomic E-state index is 11.2. The van der Waals surface area contributed by atoms with Gasteiger partial charge in [0, 0.05) is 27.3 Å². The van der Waals surface area contributed by atoms with Crippen LogP contribution in [0.25, 0.3) is 0 Å². The molecule has 0 heterocycles. The highest BCUT2D eigenvalue weighted by Crippen LogP contribution is 1.89. The summed E-state index contributed by atoms with van der Waals surface area (Å²) in [4.78, 5) is 12.8. The Bertz CT molecular complexity index is 133. The molecule has 0 aromatic rings. The minimum absolute atomic E-state index is 0.0351. The molecule has 0 saturated heterocycles. The lowest BCUT2D eigenvalue weighted by atomic mass is 10.4. The fourth-order valence-corrected chi connectivity index (χ4v) is 0.893. The van der Waals surface area contributed by atoms with Gasteiger partial charge in [0.2, 0.25) is 5.91 Å². The molecule has 78 valence electrons. The van der Waals surface area contributed by atoms with Gasteiger partial charge in [-0.2, -0.15) is 0 Å². The molecule has 5 nitrogen and oxygen atoms in total. The third-order valence-corrected chi connectivity index (χ3v) is 1.66. The molecule has 5 heteroatoms. The molecule has 0 aliphatic rings. The first-order chi connectivity index (χ1) is 6.26. The zero-order chi connectivity index (χ0) is 10.1. The van der Waals surface area contributed by atoms with Crippen LogP contribution in [0.2, 0.25) is 0 Å². The van der Waals surface area contributed by atoms with E-state index in [0.29, 0.717) is 26.3 Å². The lowest BCUT2D eigenvalue weighted by molar-refractivity contribution is -0.130. The highest BCUT2D eigenvalue weighted by Gasteiger charge is 2.10. The summed E-state index contributed by atoms with van der Waals surface area (Å²) in [5.41, 5.74) is 5.24. The molecule has 0 aromatic heterocycles. The van der Waals surface area contributed by atoms with Crippen molar-refractivity contribution in [3.63, 3.8) is 0 Å². The molecule has 0 bridgehead atoms. The molecule has 0 fully saturated rings. The fourth-order valence-electron chi connectivity index (χ4n) is 0.893. The van der Waals surface area contributed by atoms with E-state index in [1.807, 2.05) is 0 Å². The van der Waals surface area contributed by atoms with Crippen molar-refractivity contribution in [3.05, 3.63) is 0 Å². The zero-order valence-electron chi connectivity index (χ0n) is 8.28. The maximum Gasteiger partial charge on any atom is 0.236 e. The third kappa shape index (κ3) is 5.57. The molecule has 0 aliphatic carbocycles. The number of ether oxygens (including phenoxy) is 2. The minimum Gasteiger partial charge on any atom is -0.383 e. The van der Waals surface area contributed by atoms with Gasteiger partial charge in [0.05, 0.1) is 19.8 Å². The van der Waals surface area contributed by atoms with Gasteiger partial charge in [-0.3, -0.25) is 4.79 Å². The van der Waals surface area contributed by atoms with Crippen molar-refractivity contribution in [1.29, 1.82) is 0 Å². The van der Waals surface area contributed by atoms with Gasteiger partial charge in [0.15, 0.2) is 0 Å². The number of carbonyl (C=O) groups excluding carboxylic acids is 1. The largest absolute Gasteiger partial charge is 0.383 e. The highest BCUT2D eigenvalue weighted by atomic mass is 16.5. The summed E-state index contributed by atoms with van der Waals surface area (Å²) in [5.74, 6) is -0.0749. The predicted octanol–water partition coefficient (Wildman–Crippen LogP) is -0.933. The Balaban J connectivity index is 3.79. The Kier molecular flexibility index (Phi) is 7.57. The maximum absolute atomic E-state index is 11.2. The first-order valence-electron chi connectivity index (χ1n) is 4.22. The van der Waals surface area contributed by atoms with E-state index in [9.17, 15) is 4.79 Å². The van der Waals surface area contributed by atoms with E-state index in [1.165, 1.54) is 0 Å². The summed E-state index contributed by atoms with van der Waals surface area (Å²) < 4.78 is 9.74. The highest BCUT2D eigenvalue weighted by molar-refractivity contribution is 5.77. The van der Waals surface area contributed by atoms with Crippen molar-refractivity contribution in [2.45, 2.75) is 0 Å². The van der Waals surface area contributed by atoms with E-state index in [0.717, 1.165) is 0 Å². The smallest absolute Gasteiger partial charge is 0.236 e. The van der Waals surface area contributed by atoms with Gasteiger partial charge in [-0.1, -0.05) is 0 Å². The van der Waals surface area contributed by atoms with Crippen molar-refractivity contribution >= 4 is 5.91 Å². The Morgan fingerprint density at radius 1 is 1.23 bits per heavy atom. The van der Waals surface area contributed by atoms with Crippen LogP contribution in [0.15, 0.2) is 0 Å². The second kappa shape index (κ2) is 7.97. The number of hydrogen-bond donors (Lipinski definition) is 1. The van der Waals surface area contributed by atoms with Crippen molar-refractivity contribution in [2.75, 3.05) is 47.1 Å². The normalized spacial score (nSPS) is 10.1. The predicted molar refractivity (Wildman–Crippen MR) is 49.4 cm³/mol. The van der Waals surface area contributed by atoms with Crippen LogP contribution in [-0.4, -0.2) is 57.9 Å². The number of rotatable bonds is 7. The quantitative estimate of drug-likeness (QED) is 0.563. The monoisotopic (exact) mass is 190 g/mol. The van der Waals surface area contributed by atoms with Gasteiger partial charge < -0.3 is 20.1 Å². The summed E-state index contributed by atoms with van der Waals surface area (Å²) in [5, 5.41) is 0. The minimum atomic E-state index is -0.0749. The van der Waals surface area contributed by atoms with Gasteiger partial charge in [0.25, 0.3) is 0 Å². The SMILES string of the molecule is COCCN(CCOC)C(=O)CN. The molecule has 0 radical (unpaired) electrons. The van der Waals surface area contributed by atoms with Gasteiger partial charge in [0.1, 0.15) is 0 Å². The number of nitrogens with zero attached hydrogens (tertiary/aromatic N) is 1. The molecule has 2 N–H and O–H groups in total. The van der Waals surface area contributed by atoms with Crippen molar-refractivity contribution in [2.24, 2.45) is 5.73 Å². The summed E-state index contributed by atoms with van der Waals surface area (Å²) >= 11 is 0. The molecule has 1 amide bonds. The Labute approximate surface area is 78.8 Å². The third-order valence-electron chi connectivity index (χ3n) is 1.66. The topological polar surface area (TPSA) is 64.8 Å². The summed E-state index contributed by atoms with van der Waals surface area (Å²) in [6, 6.07) is 0. The van der Waals surface area contributed by atoms with Crippen molar-refractivity contribution < 1.29 is 14.3 Å². The number of hydrogen-bond acceptors (Lipinski definition) is 4. The van der Waals surface area contributed by atoms with Crippen LogP contribution >= 0.6 is 0 Å². The summed E-state index contributed by atoms with van der Waals surface area (Å²) in [7, 11) is 3.20. The zero-order valence-corrected chi connectivity index (χ0v) is 8.28. The number of amides is 1. The van der Waals surface area contributed by atoms with Crippen LogP contribution in [0.3, 0.4) is 0 Å². The second-order valence-electron chi connectivity index (χ2n) is 2.57. The molecule has 0 rings (SSSR count). The molecule has 0 aromatic carbocycles. The molecule has 0 atom stereocenters. The Morgan fingerprint density at radius 3 is 2.00 bits per heavy atom. The van der Waals surface area contributed by atoms with E-state index in [4.69, 9.17) is 15.2 Å². The standard InChI is InChI=1S/C8H18N2O3/c1-12-5-3-10(4-6-13-2)8(11)7-9/h3-7,9H2,1-2H3. The Morgan fingerprint density at radius 2 is 1.69 bits per heavy atom. The van der Waals surface area contributed by atoms with Crippen molar-refractivity contribution in [3.8, 4) is 0 Å². The lowest BCUT2D eigenvalue weighted by Gasteiger charge is -2.20. The molecule has 0 unspecified atom stereocenters. The fraction of sp³-hybridized carbons (Fsp3) is 0.875. The number of methoxy groups -OCH3 is 2. The van der Waals surface area contributed by atoms with E-state index >= 15 is 0 Å². The number of carbonyl (C=O) groups is 1. The van der Waals surface area contributed by atoms with E-state index in [2.05, 4.69) is 0 Å². The molecule has 0 saturated carbocycles. The molecule has 13 heavy (non-hydrogen) atoms. The van der Waals surface area contributed by atoms with Gasteiger partial charge in [-0.05, 0) is 0 Å². The van der Waals surface area contributed by atoms with Gasteiger partial charge in [-0.25, -0.2) is 0 Å². The van der Waals surface area contributed by atoms with Crippen molar-refractivity contribution in [1.82, 2.24) is 4.90 Å². The van der Waals surface area contributed by atoms with Crippen LogP contribution < -0.4 is 5.73 Å². The first-order valence-corrected chi connectivity index (χ1v) is 4.22.